The van der Waals surface area contributed by atoms with Crippen LogP contribution in [0.3, 0.4) is 0 Å². The largest absolute Gasteiger partial charge is 0.372 e. The van der Waals surface area contributed by atoms with Crippen molar-refractivity contribution in [1.82, 2.24) is 0 Å². The van der Waals surface area contributed by atoms with Crippen molar-refractivity contribution >= 4 is 0 Å². The molecule has 2 unspecified atom stereocenters. The molecule has 1 saturated carbocycles. The Hall–Kier alpha value is -0.860. The van der Waals surface area contributed by atoms with Crippen LogP contribution >= 0.6 is 0 Å². The number of rotatable bonds is 3. The minimum Gasteiger partial charge on any atom is -0.372 e. The van der Waals surface area contributed by atoms with E-state index in [0.717, 1.165) is 12.8 Å². The fraction of sp³-hybridized carbons (Fsp3) is 0.571. The summed E-state index contributed by atoms with van der Waals surface area (Å²) in [4.78, 5) is 0. The molecule has 1 aromatic carbocycles. The normalized spacial score (nSPS) is 26.3. The van der Waals surface area contributed by atoms with Crippen LogP contribution in [-0.4, -0.2) is 12.1 Å². The van der Waals surface area contributed by atoms with Crippen LogP contribution in [0.2, 0.25) is 0 Å². The van der Waals surface area contributed by atoms with Crippen molar-refractivity contribution in [2.24, 2.45) is 5.73 Å². The van der Waals surface area contributed by atoms with E-state index in [-0.39, 0.29) is 12.1 Å². The van der Waals surface area contributed by atoms with Crippen molar-refractivity contribution in [2.75, 3.05) is 0 Å². The lowest BCUT2D eigenvalue weighted by atomic mass is 10.1. The molecule has 0 amide bonds. The second kappa shape index (κ2) is 6.02. The molecule has 0 heterocycles. The average molecular weight is 219 g/mol. The molecule has 0 radical (unpaired) electrons. The van der Waals surface area contributed by atoms with Gasteiger partial charge in [0.1, 0.15) is 0 Å². The monoisotopic (exact) mass is 219 g/mol. The van der Waals surface area contributed by atoms with Crippen molar-refractivity contribution < 1.29 is 4.74 Å². The van der Waals surface area contributed by atoms with E-state index in [1.807, 2.05) is 18.2 Å². The zero-order chi connectivity index (χ0) is 11.2. The van der Waals surface area contributed by atoms with Gasteiger partial charge in [0, 0.05) is 6.04 Å². The third-order valence-corrected chi connectivity index (χ3v) is 3.31. The van der Waals surface area contributed by atoms with Gasteiger partial charge in [0.2, 0.25) is 0 Å². The number of nitrogens with two attached hydrogens (primary N) is 1. The molecule has 1 aliphatic carbocycles. The summed E-state index contributed by atoms with van der Waals surface area (Å²) >= 11 is 0. The molecule has 2 nitrogen and oxygen atoms in total. The first kappa shape index (κ1) is 11.6. The van der Waals surface area contributed by atoms with Crippen LogP contribution in [0.4, 0.5) is 0 Å². The second-order valence-corrected chi connectivity index (χ2v) is 4.64. The minimum atomic E-state index is 0.228. The zero-order valence-corrected chi connectivity index (χ0v) is 9.77. The van der Waals surface area contributed by atoms with Gasteiger partial charge in [0.25, 0.3) is 0 Å². The third kappa shape index (κ3) is 3.32. The molecule has 16 heavy (non-hydrogen) atoms. The molecule has 1 aliphatic rings. The summed E-state index contributed by atoms with van der Waals surface area (Å²) in [5.41, 5.74) is 7.35. The Kier molecular flexibility index (Phi) is 4.37. The highest BCUT2D eigenvalue weighted by atomic mass is 16.5. The molecule has 88 valence electrons. The number of hydrogen-bond donors (Lipinski definition) is 1. The topological polar surface area (TPSA) is 35.2 Å². The van der Waals surface area contributed by atoms with Gasteiger partial charge >= 0.3 is 0 Å². The predicted molar refractivity (Wildman–Crippen MR) is 66.1 cm³/mol. The van der Waals surface area contributed by atoms with Crippen molar-refractivity contribution in [3.05, 3.63) is 35.9 Å². The van der Waals surface area contributed by atoms with Gasteiger partial charge in [-0.1, -0.05) is 49.6 Å². The maximum Gasteiger partial charge on any atom is 0.0730 e. The highest BCUT2D eigenvalue weighted by Gasteiger charge is 2.20. The maximum absolute atomic E-state index is 6.12. The van der Waals surface area contributed by atoms with E-state index in [1.165, 1.54) is 24.8 Å². The van der Waals surface area contributed by atoms with Crippen LogP contribution in [-0.2, 0) is 11.3 Å². The Morgan fingerprint density at radius 3 is 2.62 bits per heavy atom. The molecule has 0 aliphatic heterocycles. The first-order chi connectivity index (χ1) is 7.86. The lowest BCUT2D eigenvalue weighted by Gasteiger charge is -2.21. The van der Waals surface area contributed by atoms with Gasteiger partial charge < -0.3 is 10.5 Å². The van der Waals surface area contributed by atoms with Gasteiger partial charge in [-0.05, 0) is 18.4 Å². The summed E-state index contributed by atoms with van der Waals surface area (Å²) < 4.78 is 5.94. The Balaban J connectivity index is 1.84. The van der Waals surface area contributed by atoms with Crippen molar-refractivity contribution in [1.29, 1.82) is 0 Å². The van der Waals surface area contributed by atoms with Gasteiger partial charge in [0.15, 0.2) is 0 Å². The summed E-state index contributed by atoms with van der Waals surface area (Å²) in [5, 5.41) is 0. The van der Waals surface area contributed by atoms with E-state index in [0.29, 0.717) is 6.61 Å². The molecule has 2 rings (SSSR count). The Morgan fingerprint density at radius 1 is 1.06 bits per heavy atom. The van der Waals surface area contributed by atoms with Gasteiger partial charge in [-0.2, -0.15) is 0 Å². The molecule has 2 atom stereocenters. The molecule has 0 bridgehead atoms. The molecule has 2 heteroatoms. The van der Waals surface area contributed by atoms with Gasteiger partial charge in [0.05, 0.1) is 12.7 Å². The lowest BCUT2D eigenvalue weighted by Crippen LogP contribution is -2.35. The van der Waals surface area contributed by atoms with Crippen molar-refractivity contribution in [2.45, 2.75) is 50.9 Å². The van der Waals surface area contributed by atoms with Crippen LogP contribution in [0.1, 0.15) is 37.7 Å². The SMILES string of the molecule is NC1CCCCCC1OCc1ccccc1. The summed E-state index contributed by atoms with van der Waals surface area (Å²) in [5.74, 6) is 0. The van der Waals surface area contributed by atoms with Gasteiger partial charge in [-0.15, -0.1) is 0 Å². The van der Waals surface area contributed by atoms with E-state index in [4.69, 9.17) is 10.5 Å². The van der Waals surface area contributed by atoms with E-state index in [1.54, 1.807) is 0 Å². The number of hydrogen-bond acceptors (Lipinski definition) is 2. The Morgan fingerprint density at radius 2 is 1.81 bits per heavy atom. The van der Waals surface area contributed by atoms with E-state index in [2.05, 4.69) is 12.1 Å². The van der Waals surface area contributed by atoms with Crippen LogP contribution in [0.5, 0.6) is 0 Å². The number of ether oxygens (including phenoxy) is 1. The quantitative estimate of drug-likeness (QED) is 0.793. The summed E-state index contributed by atoms with van der Waals surface area (Å²) in [6, 6.07) is 10.6. The van der Waals surface area contributed by atoms with Crippen LogP contribution < -0.4 is 5.73 Å². The van der Waals surface area contributed by atoms with Crippen molar-refractivity contribution in [3.63, 3.8) is 0 Å². The first-order valence-corrected chi connectivity index (χ1v) is 6.27. The summed E-state index contributed by atoms with van der Waals surface area (Å²) in [6.07, 6.45) is 6.30. The zero-order valence-electron chi connectivity index (χ0n) is 9.77. The first-order valence-electron chi connectivity index (χ1n) is 6.27. The van der Waals surface area contributed by atoms with Gasteiger partial charge in [-0.3, -0.25) is 0 Å². The Labute approximate surface area is 97.8 Å². The molecule has 0 saturated heterocycles. The van der Waals surface area contributed by atoms with Crippen LogP contribution in [0, 0.1) is 0 Å². The lowest BCUT2D eigenvalue weighted by molar-refractivity contribution is 0.0194. The fourth-order valence-corrected chi connectivity index (χ4v) is 2.29. The summed E-state index contributed by atoms with van der Waals surface area (Å²) in [7, 11) is 0. The van der Waals surface area contributed by atoms with E-state index >= 15 is 0 Å². The molecular formula is C14H21NO. The molecule has 2 N–H and O–H groups in total. The maximum atomic E-state index is 6.12. The second-order valence-electron chi connectivity index (χ2n) is 4.64. The molecule has 0 aromatic heterocycles. The average Bonchev–Trinajstić information content (AvgIpc) is 2.53. The van der Waals surface area contributed by atoms with Crippen molar-refractivity contribution in [3.8, 4) is 0 Å². The van der Waals surface area contributed by atoms with E-state index in [9.17, 15) is 0 Å². The number of benzene rings is 1. The van der Waals surface area contributed by atoms with Gasteiger partial charge in [-0.25, -0.2) is 0 Å². The smallest absolute Gasteiger partial charge is 0.0730 e. The molecule has 0 spiro atoms. The highest BCUT2D eigenvalue weighted by Crippen LogP contribution is 2.20. The fourth-order valence-electron chi connectivity index (χ4n) is 2.29. The highest BCUT2D eigenvalue weighted by molar-refractivity contribution is 5.13. The molecule has 1 aromatic rings. The van der Waals surface area contributed by atoms with E-state index < -0.39 is 0 Å². The van der Waals surface area contributed by atoms with Crippen LogP contribution in [0.25, 0.3) is 0 Å². The standard InChI is InChI=1S/C14H21NO/c15-13-9-5-2-6-10-14(13)16-11-12-7-3-1-4-8-12/h1,3-4,7-8,13-14H,2,5-6,9-11,15H2. The predicted octanol–water partition coefficient (Wildman–Crippen LogP) is 2.86. The molecule has 1 fully saturated rings. The minimum absolute atomic E-state index is 0.228. The molecular weight excluding hydrogens is 198 g/mol. The van der Waals surface area contributed by atoms with Crippen LogP contribution in [0.15, 0.2) is 30.3 Å². The summed E-state index contributed by atoms with van der Waals surface area (Å²) in [6.45, 7) is 0.694. The Bertz CT molecular complexity index is 299. The third-order valence-electron chi connectivity index (χ3n) is 3.31.